The number of fused-ring (bicyclic) bond motifs is 1. The smallest absolute Gasteiger partial charge is 0.155 e. The van der Waals surface area contributed by atoms with Gasteiger partial charge in [-0.2, -0.15) is 0 Å². The molecule has 2 unspecified atom stereocenters. The maximum absolute atomic E-state index is 9.94. The third-order valence-corrected chi connectivity index (χ3v) is 2.43. The van der Waals surface area contributed by atoms with E-state index < -0.39 is 12.2 Å². The summed E-state index contributed by atoms with van der Waals surface area (Å²) in [5.41, 5.74) is 1.20. The molecule has 6 heteroatoms. The summed E-state index contributed by atoms with van der Waals surface area (Å²) in [7, 11) is 1.72. The van der Waals surface area contributed by atoms with E-state index in [4.69, 9.17) is 0 Å². The van der Waals surface area contributed by atoms with E-state index in [1.807, 2.05) is 0 Å². The Morgan fingerprint density at radius 3 is 3.00 bits per heavy atom. The quantitative estimate of drug-likeness (QED) is 0.640. The van der Waals surface area contributed by atoms with E-state index in [0.717, 1.165) is 0 Å². The summed E-state index contributed by atoms with van der Waals surface area (Å²) in [6.07, 6.45) is 4.62. The van der Waals surface area contributed by atoms with Crippen molar-refractivity contribution in [3.8, 4) is 0 Å². The highest BCUT2D eigenvalue weighted by Crippen LogP contribution is 2.17. The van der Waals surface area contributed by atoms with Crippen LogP contribution in [0, 0.1) is 0 Å². The molecular weight excluding hydrogens is 208 g/mol. The molecule has 86 valence electrons. The van der Waals surface area contributed by atoms with Crippen molar-refractivity contribution < 1.29 is 10.2 Å². The summed E-state index contributed by atoms with van der Waals surface area (Å²) >= 11 is 0. The van der Waals surface area contributed by atoms with Crippen LogP contribution in [0.5, 0.6) is 0 Å². The molecule has 0 aliphatic rings. The second-order valence-corrected chi connectivity index (χ2v) is 3.56. The number of rotatable bonds is 4. The Balaban J connectivity index is 2.32. The lowest BCUT2D eigenvalue weighted by Crippen LogP contribution is -2.30. The number of likely N-dealkylation sites (N-methyl/N-ethyl adjacent to an activating group) is 1. The van der Waals surface area contributed by atoms with Crippen molar-refractivity contribution >= 4 is 5.65 Å². The van der Waals surface area contributed by atoms with Gasteiger partial charge in [-0.05, 0) is 7.05 Å². The molecule has 0 aliphatic carbocycles. The molecular formula is C10H14N4O2. The second-order valence-electron chi connectivity index (χ2n) is 3.56. The van der Waals surface area contributed by atoms with Crippen LogP contribution in [0.25, 0.3) is 5.65 Å². The largest absolute Gasteiger partial charge is 0.389 e. The van der Waals surface area contributed by atoms with Crippen LogP contribution in [0.3, 0.4) is 0 Å². The zero-order valence-electron chi connectivity index (χ0n) is 8.91. The monoisotopic (exact) mass is 222 g/mol. The first-order valence-corrected chi connectivity index (χ1v) is 5.01. The van der Waals surface area contributed by atoms with Crippen molar-refractivity contribution in [2.75, 3.05) is 13.6 Å². The molecule has 0 amide bonds. The van der Waals surface area contributed by atoms with E-state index in [9.17, 15) is 10.2 Å². The molecule has 3 N–H and O–H groups in total. The van der Waals surface area contributed by atoms with Gasteiger partial charge in [0, 0.05) is 18.9 Å². The Labute approximate surface area is 92.6 Å². The first-order valence-electron chi connectivity index (χ1n) is 5.01. The van der Waals surface area contributed by atoms with Crippen molar-refractivity contribution in [2.45, 2.75) is 12.2 Å². The molecule has 0 spiro atoms. The average Bonchev–Trinajstić information content (AvgIpc) is 2.72. The van der Waals surface area contributed by atoms with Gasteiger partial charge in [-0.1, -0.05) is 0 Å². The standard InChI is InChI=1S/C10H14N4O2/c1-11-5-8(15)10(16)7-4-13-9-6-12-2-3-14(7)9/h2-4,6,8,10-11,15-16H,5H2,1H3. The van der Waals surface area contributed by atoms with E-state index in [1.54, 1.807) is 36.2 Å². The Kier molecular flexibility index (Phi) is 3.14. The molecule has 2 rings (SSSR count). The SMILES string of the molecule is CNCC(O)C(O)c1cnc2cnccn12. The summed E-state index contributed by atoms with van der Waals surface area (Å²) in [5, 5.41) is 22.4. The fraction of sp³-hybridized carbons (Fsp3) is 0.400. The van der Waals surface area contributed by atoms with Gasteiger partial charge in [0.2, 0.25) is 0 Å². The molecule has 0 saturated heterocycles. The Hall–Kier alpha value is -1.50. The third kappa shape index (κ3) is 1.90. The molecule has 0 aromatic carbocycles. The number of aliphatic hydroxyl groups excluding tert-OH is 2. The maximum Gasteiger partial charge on any atom is 0.155 e. The van der Waals surface area contributed by atoms with Crippen molar-refractivity contribution in [3.63, 3.8) is 0 Å². The highest BCUT2D eigenvalue weighted by Gasteiger charge is 2.20. The highest BCUT2D eigenvalue weighted by molar-refractivity contribution is 5.37. The number of nitrogens with zero attached hydrogens (tertiary/aromatic N) is 3. The summed E-state index contributed by atoms with van der Waals surface area (Å²) in [6, 6.07) is 0. The van der Waals surface area contributed by atoms with Crippen molar-refractivity contribution in [2.24, 2.45) is 0 Å². The number of aromatic nitrogens is 3. The van der Waals surface area contributed by atoms with Crippen molar-refractivity contribution in [1.29, 1.82) is 0 Å². The number of nitrogens with one attached hydrogen (secondary N) is 1. The van der Waals surface area contributed by atoms with E-state index in [-0.39, 0.29) is 0 Å². The Morgan fingerprint density at radius 1 is 1.44 bits per heavy atom. The van der Waals surface area contributed by atoms with Gasteiger partial charge in [-0.25, -0.2) is 4.98 Å². The molecule has 0 radical (unpaired) electrons. The Morgan fingerprint density at radius 2 is 2.25 bits per heavy atom. The van der Waals surface area contributed by atoms with E-state index >= 15 is 0 Å². The molecule has 2 aromatic heterocycles. The minimum absolute atomic E-state index is 0.319. The first kappa shape index (κ1) is 11.0. The number of hydrogen-bond acceptors (Lipinski definition) is 5. The minimum atomic E-state index is -0.968. The predicted molar refractivity (Wildman–Crippen MR) is 57.9 cm³/mol. The summed E-state index contributed by atoms with van der Waals surface area (Å²) in [5.74, 6) is 0. The fourth-order valence-corrected chi connectivity index (χ4v) is 1.60. The topological polar surface area (TPSA) is 82.7 Å². The first-order chi connectivity index (χ1) is 7.74. The molecule has 0 bridgehead atoms. The van der Waals surface area contributed by atoms with Crippen LogP contribution in [-0.4, -0.2) is 44.3 Å². The molecule has 6 nitrogen and oxygen atoms in total. The number of imidazole rings is 1. The van der Waals surface area contributed by atoms with Gasteiger partial charge in [-0.15, -0.1) is 0 Å². The van der Waals surface area contributed by atoms with E-state index in [0.29, 0.717) is 17.9 Å². The van der Waals surface area contributed by atoms with Crippen molar-refractivity contribution in [3.05, 3.63) is 30.5 Å². The van der Waals surface area contributed by atoms with Crippen LogP contribution < -0.4 is 5.32 Å². The van der Waals surface area contributed by atoms with Gasteiger partial charge < -0.3 is 15.5 Å². The molecule has 0 fully saturated rings. The zero-order valence-corrected chi connectivity index (χ0v) is 8.91. The van der Waals surface area contributed by atoms with Crippen molar-refractivity contribution in [1.82, 2.24) is 19.7 Å². The summed E-state index contributed by atoms with van der Waals surface area (Å²) in [6.45, 7) is 0.319. The lowest BCUT2D eigenvalue weighted by Gasteiger charge is -2.16. The van der Waals surface area contributed by atoms with Gasteiger partial charge >= 0.3 is 0 Å². The lowest BCUT2D eigenvalue weighted by atomic mass is 10.1. The molecule has 2 atom stereocenters. The summed E-state index contributed by atoms with van der Waals surface area (Å²) < 4.78 is 1.70. The van der Waals surface area contributed by atoms with Crippen LogP contribution >= 0.6 is 0 Å². The fourth-order valence-electron chi connectivity index (χ4n) is 1.60. The van der Waals surface area contributed by atoms with Gasteiger partial charge in [-0.3, -0.25) is 9.38 Å². The average molecular weight is 222 g/mol. The lowest BCUT2D eigenvalue weighted by molar-refractivity contribution is 0.0172. The maximum atomic E-state index is 9.94. The second kappa shape index (κ2) is 4.56. The van der Waals surface area contributed by atoms with Crippen LogP contribution in [0.4, 0.5) is 0 Å². The molecule has 2 heterocycles. The molecule has 0 saturated carbocycles. The third-order valence-electron chi connectivity index (χ3n) is 2.43. The predicted octanol–water partition coefficient (Wildman–Crippen LogP) is -0.657. The zero-order chi connectivity index (χ0) is 11.5. The minimum Gasteiger partial charge on any atom is -0.389 e. The molecule has 16 heavy (non-hydrogen) atoms. The summed E-state index contributed by atoms with van der Waals surface area (Å²) in [4.78, 5) is 8.02. The van der Waals surface area contributed by atoms with Crippen LogP contribution in [-0.2, 0) is 0 Å². The Bertz CT molecular complexity index is 471. The highest BCUT2D eigenvalue weighted by atomic mass is 16.3. The van der Waals surface area contributed by atoms with Gasteiger partial charge in [0.1, 0.15) is 6.10 Å². The number of aliphatic hydroxyl groups is 2. The molecule has 0 aliphatic heterocycles. The number of hydrogen-bond donors (Lipinski definition) is 3. The van der Waals surface area contributed by atoms with Gasteiger partial charge in [0.05, 0.1) is 24.2 Å². The van der Waals surface area contributed by atoms with E-state index in [2.05, 4.69) is 15.3 Å². The molecule has 2 aromatic rings. The van der Waals surface area contributed by atoms with Crippen LogP contribution in [0.2, 0.25) is 0 Å². The van der Waals surface area contributed by atoms with Crippen LogP contribution in [0.15, 0.2) is 24.8 Å². The van der Waals surface area contributed by atoms with Gasteiger partial charge in [0.15, 0.2) is 5.65 Å². The van der Waals surface area contributed by atoms with Gasteiger partial charge in [0.25, 0.3) is 0 Å². The normalized spacial score (nSPS) is 15.2. The van der Waals surface area contributed by atoms with Crippen LogP contribution in [0.1, 0.15) is 11.8 Å². The van der Waals surface area contributed by atoms with E-state index in [1.165, 1.54) is 0 Å².